The summed E-state index contributed by atoms with van der Waals surface area (Å²) < 4.78 is 38.8. The monoisotopic (exact) mass is 571 g/mol. The summed E-state index contributed by atoms with van der Waals surface area (Å²) in [4.78, 5) is 28.6. The van der Waals surface area contributed by atoms with Crippen molar-refractivity contribution in [2.45, 2.75) is 17.4 Å². The van der Waals surface area contributed by atoms with Crippen molar-refractivity contribution >= 4 is 27.6 Å². The number of carbonyl (C=O) groups excluding carboxylic acids is 2. The van der Waals surface area contributed by atoms with Crippen molar-refractivity contribution in [3.05, 3.63) is 109 Å². The van der Waals surface area contributed by atoms with Crippen LogP contribution in [0.25, 0.3) is 11.1 Å². The molecule has 9 nitrogen and oxygen atoms in total. The number of carbonyl (C=O) groups is 2. The van der Waals surface area contributed by atoms with Crippen LogP contribution in [0, 0.1) is 0 Å². The lowest BCUT2D eigenvalue weighted by atomic mass is 10.0. The lowest BCUT2D eigenvalue weighted by Gasteiger charge is -2.27. The Hall–Kier alpha value is -4.83. The van der Waals surface area contributed by atoms with E-state index < -0.39 is 28.0 Å². The molecule has 1 atom stereocenters. The molecule has 4 aromatic carbocycles. The van der Waals surface area contributed by atoms with Crippen LogP contribution in [0.4, 0.5) is 10.5 Å². The maximum absolute atomic E-state index is 13.7. The van der Waals surface area contributed by atoms with Gasteiger partial charge in [-0.25, -0.2) is 17.5 Å². The Kier molecular flexibility index (Phi) is 7.93. The zero-order valence-corrected chi connectivity index (χ0v) is 23.4. The van der Waals surface area contributed by atoms with Gasteiger partial charge in [-0.1, -0.05) is 78.9 Å². The van der Waals surface area contributed by atoms with Gasteiger partial charge in [0.15, 0.2) is 11.5 Å². The summed E-state index contributed by atoms with van der Waals surface area (Å²) in [7, 11) is -1.51. The third-order valence-electron chi connectivity index (χ3n) is 6.85. The van der Waals surface area contributed by atoms with Crippen LogP contribution in [0.5, 0.6) is 11.5 Å². The van der Waals surface area contributed by atoms with Crippen molar-refractivity contribution in [1.82, 2.24) is 9.62 Å². The van der Waals surface area contributed by atoms with Gasteiger partial charge >= 0.3 is 6.03 Å². The molecule has 0 saturated heterocycles. The summed E-state index contributed by atoms with van der Waals surface area (Å²) in [6.45, 7) is 0.0946. The smallest absolute Gasteiger partial charge is 0.331 e. The minimum Gasteiger partial charge on any atom is -0.454 e. The summed E-state index contributed by atoms with van der Waals surface area (Å²) in [6, 6.07) is 27.8. The van der Waals surface area contributed by atoms with Crippen LogP contribution in [0.15, 0.2) is 108 Å². The highest BCUT2D eigenvalue weighted by molar-refractivity contribution is 7.89. The van der Waals surface area contributed by atoms with Gasteiger partial charge in [0.05, 0.1) is 4.90 Å². The van der Waals surface area contributed by atoms with Crippen LogP contribution in [0.3, 0.4) is 0 Å². The molecule has 0 fully saturated rings. The first-order valence-corrected chi connectivity index (χ1v) is 14.3. The number of hydrogen-bond donors (Lipinski definition) is 1. The zero-order chi connectivity index (χ0) is 29.0. The van der Waals surface area contributed by atoms with Crippen molar-refractivity contribution in [3.8, 4) is 22.6 Å². The highest BCUT2D eigenvalue weighted by atomic mass is 32.2. The van der Waals surface area contributed by atoms with E-state index in [9.17, 15) is 18.0 Å². The third kappa shape index (κ3) is 5.87. The first kappa shape index (κ1) is 27.7. The van der Waals surface area contributed by atoms with Gasteiger partial charge in [0, 0.05) is 37.8 Å². The van der Waals surface area contributed by atoms with E-state index in [1.54, 1.807) is 55.6 Å². The predicted molar refractivity (Wildman–Crippen MR) is 155 cm³/mol. The summed E-state index contributed by atoms with van der Waals surface area (Å²) in [5, 5.41) is 2.66. The van der Waals surface area contributed by atoms with Crippen molar-refractivity contribution in [3.63, 3.8) is 0 Å². The maximum atomic E-state index is 13.7. The molecule has 0 saturated carbocycles. The average Bonchev–Trinajstić information content (AvgIpc) is 3.48. The minimum atomic E-state index is -4.27. The van der Waals surface area contributed by atoms with Crippen LogP contribution < -0.4 is 19.7 Å². The molecule has 10 heteroatoms. The fourth-order valence-corrected chi connectivity index (χ4v) is 5.83. The van der Waals surface area contributed by atoms with Crippen molar-refractivity contribution in [2.24, 2.45) is 0 Å². The average molecular weight is 572 g/mol. The molecule has 1 unspecified atom stereocenters. The first-order chi connectivity index (χ1) is 19.8. The van der Waals surface area contributed by atoms with E-state index in [4.69, 9.17) is 9.47 Å². The number of urea groups is 1. The number of amides is 3. The number of nitrogens with zero attached hydrogens (tertiary/aromatic N) is 2. The SMILES string of the molecule is CN(C(=O)C(Cc1ccccc1)NC(=O)N(C)S(=O)(=O)c1ccccc1-c1ccccc1)c1ccc2c(c1)OCO2. The van der Waals surface area contributed by atoms with Gasteiger partial charge in [0.2, 0.25) is 12.7 Å². The number of fused-ring (bicyclic) bond motifs is 1. The molecule has 210 valence electrons. The topological polar surface area (TPSA) is 105 Å². The minimum absolute atomic E-state index is 0.0211. The largest absolute Gasteiger partial charge is 0.454 e. The number of likely N-dealkylation sites (N-methyl/N-ethyl adjacent to an activating group) is 1. The fraction of sp³-hybridized carbons (Fsp3) is 0.161. The number of hydrogen-bond acceptors (Lipinski definition) is 6. The molecular formula is C31H29N3O6S. The summed E-state index contributed by atoms with van der Waals surface area (Å²) in [6.07, 6.45) is 0.148. The Labute approximate surface area is 239 Å². The van der Waals surface area contributed by atoms with Gasteiger partial charge < -0.3 is 19.7 Å². The number of nitrogens with one attached hydrogen (secondary N) is 1. The molecule has 1 aliphatic rings. The van der Waals surface area contributed by atoms with Gasteiger partial charge in [-0.05, 0) is 29.3 Å². The van der Waals surface area contributed by atoms with Crippen LogP contribution >= 0.6 is 0 Å². The molecule has 4 aromatic rings. The standard InChI is InChI=1S/C31H29N3O6S/c1-33(24-17-18-27-28(20-24)40-21-39-27)30(35)26(19-22-11-5-3-6-12-22)32-31(36)34(2)41(37,38)29-16-10-9-15-25(29)23-13-7-4-8-14-23/h3-18,20,26H,19,21H2,1-2H3,(H,32,36). The second-order valence-electron chi connectivity index (χ2n) is 9.46. The molecule has 3 amide bonds. The van der Waals surface area contributed by atoms with E-state index in [0.29, 0.717) is 32.6 Å². The second kappa shape index (κ2) is 11.7. The van der Waals surface area contributed by atoms with E-state index in [1.807, 2.05) is 48.5 Å². The Morgan fingerprint density at radius 2 is 1.46 bits per heavy atom. The van der Waals surface area contributed by atoms with Gasteiger partial charge in [-0.2, -0.15) is 0 Å². The van der Waals surface area contributed by atoms with Crippen molar-refractivity contribution in [2.75, 3.05) is 25.8 Å². The summed E-state index contributed by atoms with van der Waals surface area (Å²) in [5.74, 6) is 0.650. The maximum Gasteiger partial charge on any atom is 0.331 e. The van der Waals surface area contributed by atoms with Gasteiger partial charge in [0.25, 0.3) is 10.0 Å². The molecule has 5 rings (SSSR count). The lowest BCUT2D eigenvalue weighted by molar-refractivity contribution is -0.120. The Bertz CT molecular complexity index is 1660. The highest BCUT2D eigenvalue weighted by Gasteiger charge is 2.32. The van der Waals surface area contributed by atoms with Gasteiger partial charge in [0.1, 0.15) is 6.04 Å². The molecule has 0 aromatic heterocycles. The molecule has 1 heterocycles. The van der Waals surface area contributed by atoms with Crippen molar-refractivity contribution in [1.29, 1.82) is 0 Å². The molecule has 41 heavy (non-hydrogen) atoms. The fourth-order valence-electron chi connectivity index (χ4n) is 4.55. The number of rotatable bonds is 8. The Balaban J connectivity index is 1.41. The quantitative estimate of drug-likeness (QED) is 0.329. The predicted octanol–water partition coefficient (Wildman–Crippen LogP) is 4.69. The van der Waals surface area contributed by atoms with E-state index in [1.165, 1.54) is 18.0 Å². The van der Waals surface area contributed by atoms with E-state index >= 15 is 0 Å². The molecule has 1 N–H and O–H groups in total. The van der Waals surface area contributed by atoms with Crippen LogP contribution in [0.1, 0.15) is 5.56 Å². The van der Waals surface area contributed by atoms with E-state index in [2.05, 4.69) is 5.32 Å². The first-order valence-electron chi connectivity index (χ1n) is 12.9. The van der Waals surface area contributed by atoms with E-state index in [-0.39, 0.29) is 18.1 Å². The second-order valence-corrected chi connectivity index (χ2v) is 11.4. The van der Waals surface area contributed by atoms with E-state index in [0.717, 1.165) is 5.56 Å². The van der Waals surface area contributed by atoms with Crippen molar-refractivity contribution < 1.29 is 27.5 Å². The van der Waals surface area contributed by atoms with Crippen LogP contribution in [0.2, 0.25) is 0 Å². The molecule has 0 radical (unpaired) electrons. The Morgan fingerprint density at radius 3 is 2.20 bits per heavy atom. The van der Waals surface area contributed by atoms with Gasteiger partial charge in [-0.15, -0.1) is 0 Å². The molecule has 0 spiro atoms. The van der Waals surface area contributed by atoms with Crippen LogP contribution in [-0.4, -0.2) is 51.6 Å². The molecular weight excluding hydrogens is 542 g/mol. The number of anilines is 1. The molecule has 0 aliphatic carbocycles. The number of ether oxygens (including phenoxy) is 2. The summed E-state index contributed by atoms with van der Waals surface area (Å²) in [5.41, 5.74) is 2.49. The molecule has 1 aliphatic heterocycles. The summed E-state index contributed by atoms with van der Waals surface area (Å²) >= 11 is 0. The normalized spacial score (nSPS) is 12.8. The Morgan fingerprint density at radius 1 is 0.829 bits per heavy atom. The number of benzene rings is 4. The number of sulfonamides is 1. The molecule has 0 bridgehead atoms. The highest BCUT2D eigenvalue weighted by Crippen LogP contribution is 2.35. The van der Waals surface area contributed by atoms with Gasteiger partial charge in [-0.3, -0.25) is 4.79 Å². The zero-order valence-electron chi connectivity index (χ0n) is 22.6. The lowest BCUT2D eigenvalue weighted by Crippen LogP contribution is -2.53. The van der Waals surface area contributed by atoms with Crippen LogP contribution in [-0.2, 0) is 21.2 Å². The third-order valence-corrected chi connectivity index (χ3v) is 8.65.